The Bertz CT molecular complexity index is 999. The summed E-state index contributed by atoms with van der Waals surface area (Å²) in [6, 6.07) is 24.3. The van der Waals surface area contributed by atoms with Crippen LogP contribution in [0.1, 0.15) is 36.5 Å². The van der Waals surface area contributed by atoms with Gasteiger partial charge in [0, 0.05) is 18.9 Å². The van der Waals surface area contributed by atoms with Gasteiger partial charge in [-0.1, -0.05) is 48.5 Å². The van der Waals surface area contributed by atoms with Gasteiger partial charge in [0.2, 0.25) is 0 Å². The number of rotatable bonds is 9. The normalized spacial score (nSPS) is 14.5. The van der Waals surface area contributed by atoms with Crippen LogP contribution in [0.15, 0.2) is 72.8 Å². The molecule has 1 heterocycles. The van der Waals surface area contributed by atoms with Crippen LogP contribution in [0.5, 0.6) is 17.2 Å². The molecule has 31 heavy (non-hydrogen) atoms. The maximum atomic E-state index is 11.6. The molecule has 0 saturated carbocycles. The van der Waals surface area contributed by atoms with E-state index in [1.807, 2.05) is 48.5 Å². The first-order chi connectivity index (χ1) is 15.2. The first-order valence-electron chi connectivity index (χ1n) is 10.9. The third-order valence-electron chi connectivity index (χ3n) is 5.44. The SMILES string of the molecule is CC(=O)Oc1cc2c(cc1CCCOc1ccccc1)OC(CCc1ccccc1)C2. The van der Waals surface area contributed by atoms with Crippen molar-refractivity contribution in [3.05, 3.63) is 89.5 Å². The van der Waals surface area contributed by atoms with Crippen molar-refractivity contribution < 1.29 is 19.0 Å². The van der Waals surface area contributed by atoms with Crippen LogP contribution in [0.25, 0.3) is 0 Å². The fourth-order valence-electron chi connectivity index (χ4n) is 3.93. The van der Waals surface area contributed by atoms with E-state index in [1.54, 1.807) is 0 Å². The number of esters is 1. The molecule has 0 N–H and O–H groups in total. The molecule has 1 aliphatic rings. The van der Waals surface area contributed by atoms with Crippen LogP contribution in [-0.4, -0.2) is 18.7 Å². The molecule has 1 aliphatic heterocycles. The summed E-state index contributed by atoms with van der Waals surface area (Å²) in [5, 5.41) is 0. The number of hydrogen-bond donors (Lipinski definition) is 0. The van der Waals surface area contributed by atoms with Gasteiger partial charge in [-0.15, -0.1) is 0 Å². The van der Waals surface area contributed by atoms with Crippen LogP contribution in [-0.2, 0) is 24.1 Å². The number of fused-ring (bicyclic) bond motifs is 1. The van der Waals surface area contributed by atoms with Crippen LogP contribution in [0.3, 0.4) is 0 Å². The first-order valence-corrected chi connectivity index (χ1v) is 10.9. The molecule has 0 saturated heterocycles. The van der Waals surface area contributed by atoms with Crippen molar-refractivity contribution in [2.75, 3.05) is 6.61 Å². The quantitative estimate of drug-likeness (QED) is 0.260. The number of aryl methyl sites for hydroxylation is 2. The molecule has 3 aromatic carbocycles. The minimum absolute atomic E-state index is 0.150. The van der Waals surface area contributed by atoms with Crippen molar-refractivity contribution >= 4 is 5.97 Å². The lowest BCUT2D eigenvalue weighted by Gasteiger charge is -2.13. The summed E-state index contributed by atoms with van der Waals surface area (Å²) >= 11 is 0. The Kier molecular flexibility index (Phi) is 6.88. The maximum Gasteiger partial charge on any atom is 0.308 e. The Morgan fingerprint density at radius 1 is 1.00 bits per heavy atom. The van der Waals surface area contributed by atoms with Gasteiger partial charge in [0.25, 0.3) is 0 Å². The van der Waals surface area contributed by atoms with Gasteiger partial charge in [-0.3, -0.25) is 4.79 Å². The highest BCUT2D eigenvalue weighted by molar-refractivity contribution is 5.70. The number of ether oxygens (including phenoxy) is 3. The average molecular weight is 417 g/mol. The molecule has 4 nitrogen and oxygen atoms in total. The lowest BCUT2D eigenvalue weighted by molar-refractivity contribution is -0.131. The Morgan fingerprint density at radius 3 is 2.48 bits per heavy atom. The summed E-state index contributed by atoms with van der Waals surface area (Å²) in [6.45, 7) is 2.04. The maximum absolute atomic E-state index is 11.6. The fraction of sp³-hybridized carbons (Fsp3) is 0.296. The van der Waals surface area contributed by atoms with E-state index in [2.05, 4.69) is 24.3 Å². The molecule has 0 fully saturated rings. The Morgan fingerprint density at radius 2 is 1.74 bits per heavy atom. The average Bonchev–Trinajstić information content (AvgIpc) is 3.18. The smallest absolute Gasteiger partial charge is 0.308 e. The summed E-state index contributed by atoms with van der Waals surface area (Å²) < 4.78 is 17.5. The van der Waals surface area contributed by atoms with E-state index in [4.69, 9.17) is 14.2 Å². The molecule has 0 aliphatic carbocycles. The molecule has 0 aromatic heterocycles. The van der Waals surface area contributed by atoms with Gasteiger partial charge in [0.1, 0.15) is 23.4 Å². The zero-order valence-corrected chi connectivity index (χ0v) is 17.9. The van der Waals surface area contributed by atoms with Gasteiger partial charge in [-0.2, -0.15) is 0 Å². The highest BCUT2D eigenvalue weighted by atomic mass is 16.5. The largest absolute Gasteiger partial charge is 0.494 e. The molecule has 1 atom stereocenters. The van der Waals surface area contributed by atoms with E-state index >= 15 is 0 Å². The molecule has 1 unspecified atom stereocenters. The predicted octanol–water partition coefficient (Wildman–Crippen LogP) is 5.56. The number of carbonyl (C=O) groups is 1. The van der Waals surface area contributed by atoms with E-state index in [0.717, 1.165) is 54.7 Å². The molecule has 160 valence electrons. The number of benzene rings is 3. The van der Waals surface area contributed by atoms with Crippen LogP contribution >= 0.6 is 0 Å². The molecule has 0 spiro atoms. The molecule has 4 rings (SSSR count). The zero-order valence-electron chi connectivity index (χ0n) is 17.9. The molecular weight excluding hydrogens is 388 g/mol. The second kappa shape index (κ2) is 10.2. The summed E-state index contributed by atoms with van der Waals surface area (Å²) in [6.07, 6.45) is 4.51. The van der Waals surface area contributed by atoms with Crippen molar-refractivity contribution in [2.24, 2.45) is 0 Å². The van der Waals surface area contributed by atoms with Crippen molar-refractivity contribution in [3.63, 3.8) is 0 Å². The Hall–Kier alpha value is -3.27. The lowest BCUT2D eigenvalue weighted by Crippen LogP contribution is -2.13. The first kappa shape index (κ1) is 21.0. The van der Waals surface area contributed by atoms with Crippen LogP contribution < -0.4 is 14.2 Å². The van der Waals surface area contributed by atoms with Gasteiger partial charge in [-0.25, -0.2) is 0 Å². The summed E-state index contributed by atoms with van der Waals surface area (Å²) in [5.74, 6) is 2.11. The van der Waals surface area contributed by atoms with Crippen molar-refractivity contribution in [1.29, 1.82) is 0 Å². The summed E-state index contributed by atoms with van der Waals surface area (Å²) in [7, 11) is 0. The van der Waals surface area contributed by atoms with E-state index in [-0.39, 0.29) is 12.1 Å². The topological polar surface area (TPSA) is 44.8 Å². The molecule has 0 bridgehead atoms. The van der Waals surface area contributed by atoms with Crippen molar-refractivity contribution in [3.8, 4) is 17.2 Å². The number of carbonyl (C=O) groups excluding carboxylic acids is 1. The van der Waals surface area contributed by atoms with Gasteiger partial charge in [0.05, 0.1) is 6.61 Å². The minimum Gasteiger partial charge on any atom is -0.494 e. The van der Waals surface area contributed by atoms with E-state index in [9.17, 15) is 4.79 Å². The van der Waals surface area contributed by atoms with Crippen LogP contribution in [0.2, 0.25) is 0 Å². The summed E-state index contributed by atoms with van der Waals surface area (Å²) in [4.78, 5) is 11.6. The standard InChI is InChI=1S/C27H28O4/c1-20(28)30-26-19-23-17-25(15-14-21-9-4-2-5-10-21)31-27(23)18-22(26)11-8-16-29-24-12-6-3-7-13-24/h2-7,9-10,12-13,18-19,25H,8,11,14-17H2,1H3. The highest BCUT2D eigenvalue weighted by Crippen LogP contribution is 2.37. The molecule has 3 aromatic rings. The second-order valence-electron chi connectivity index (χ2n) is 7.89. The number of para-hydroxylation sites is 1. The van der Waals surface area contributed by atoms with Gasteiger partial charge >= 0.3 is 5.97 Å². The third-order valence-corrected chi connectivity index (χ3v) is 5.44. The van der Waals surface area contributed by atoms with Crippen LogP contribution in [0, 0.1) is 0 Å². The summed E-state index contributed by atoms with van der Waals surface area (Å²) in [5.41, 5.74) is 3.41. The van der Waals surface area contributed by atoms with Crippen molar-refractivity contribution in [2.45, 2.75) is 45.1 Å². The Labute approximate surface area is 183 Å². The second-order valence-corrected chi connectivity index (χ2v) is 7.89. The van der Waals surface area contributed by atoms with Gasteiger partial charge < -0.3 is 14.2 Å². The fourth-order valence-corrected chi connectivity index (χ4v) is 3.93. The van der Waals surface area contributed by atoms with Gasteiger partial charge in [-0.05, 0) is 61.1 Å². The minimum atomic E-state index is -0.304. The van der Waals surface area contributed by atoms with Crippen LogP contribution in [0.4, 0.5) is 0 Å². The zero-order chi connectivity index (χ0) is 21.5. The third kappa shape index (κ3) is 5.88. The highest BCUT2D eigenvalue weighted by Gasteiger charge is 2.25. The van der Waals surface area contributed by atoms with Gasteiger partial charge in [0.15, 0.2) is 0 Å². The van der Waals surface area contributed by atoms with E-state index < -0.39 is 0 Å². The Balaban J connectivity index is 1.38. The monoisotopic (exact) mass is 416 g/mol. The molecule has 4 heteroatoms. The number of hydrogen-bond acceptors (Lipinski definition) is 4. The lowest BCUT2D eigenvalue weighted by atomic mass is 10.0. The predicted molar refractivity (Wildman–Crippen MR) is 121 cm³/mol. The van der Waals surface area contributed by atoms with E-state index in [1.165, 1.54) is 12.5 Å². The molecule has 0 radical (unpaired) electrons. The van der Waals surface area contributed by atoms with Crippen molar-refractivity contribution in [1.82, 2.24) is 0 Å². The van der Waals surface area contributed by atoms with E-state index in [0.29, 0.717) is 12.4 Å². The molecule has 0 amide bonds. The molecular formula is C27H28O4.